The van der Waals surface area contributed by atoms with Crippen LogP contribution in [-0.4, -0.2) is 32.2 Å². The predicted octanol–water partition coefficient (Wildman–Crippen LogP) is 0.382. The van der Waals surface area contributed by atoms with Gasteiger partial charge in [-0.15, -0.1) is 11.3 Å². The molecule has 0 fully saturated rings. The zero-order valence-corrected chi connectivity index (χ0v) is 9.39. The Labute approximate surface area is 93.4 Å². The Balaban J connectivity index is 1.87. The number of ether oxygens (including phenoxy) is 1. The van der Waals surface area contributed by atoms with E-state index in [1.165, 1.54) is 4.88 Å². The van der Waals surface area contributed by atoms with Crippen LogP contribution < -0.4 is 11.1 Å². The molecule has 1 rings (SSSR count). The molecule has 1 amide bonds. The van der Waals surface area contributed by atoms with Gasteiger partial charge in [0.25, 0.3) is 0 Å². The monoisotopic (exact) mass is 228 g/mol. The zero-order chi connectivity index (χ0) is 10.9. The second-order valence-electron chi connectivity index (χ2n) is 3.10. The van der Waals surface area contributed by atoms with Gasteiger partial charge in [-0.25, -0.2) is 0 Å². The number of rotatable bonds is 8. The fraction of sp³-hybridized carbons (Fsp3) is 0.500. The van der Waals surface area contributed by atoms with E-state index in [4.69, 9.17) is 10.5 Å². The molecule has 5 heteroatoms. The summed E-state index contributed by atoms with van der Waals surface area (Å²) in [4.78, 5) is 11.7. The lowest BCUT2D eigenvalue weighted by Crippen LogP contribution is -2.25. The molecule has 0 saturated carbocycles. The number of thiophene rings is 1. The second-order valence-corrected chi connectivity index (χ2v) is 4.13. The fourth-order valence-corrected chi connectivity index (χ4v) is 1.82. The van der Waals surface area contributed by atoms with Crippen molar-refractivity contribution in [2.75, 3.05) is 26.3 Å². The van der Waals surface area contributed by atoms with Crippen molar-refractivity contribution >= 4 is 17.2 Å². The number of primary amides is 1. The van der Waals surface area contributed by atoms with Crippen LogP contribution in [0.1, 0.15) is 4.88 Å². The fourth-order valence-electron chi connectivity index (χ4n) is 1.11. The summed E-state index contributed by atoms with van der Waals surface area (Å²) in [5, 5.41) is 5.30. The van der Waals surface area contributed by atoms with E-state index in [0.717, 1.165) is 19.5 Å². The molecule has 0 aliphatic carbocycles. The molecule has 0 radical (unpaired) electrons. The SMILES string of the molecule is NC(=O)COCCNCCc1cccs1. The first-order valence-corrected chi connectivity index (χ1v) is 5.76. The van der Waals surface area contributed by atoms with E-state index in [2.05, 4.69) is 22.8 Å². The second kappa shape index (κ2) is 7.39. The molecule has 84 valence electrons. The molecule has 0 aliphatic heterocycles. The predicted molar refractivity (Wildman–Crippen MR) is 60.9 cm³/mol. The summed E-state index contributed by atoms with van der Waals surface area (Å²) in [6.45, 7) is 2.21. The van der Waals surface area contributed by atoms with E-state index in [0.29, 0.717) is 6.61 Å². The summed E-state index contributed by atoms with van der Waals surface area (Å²) in [6.07, 6.45) is 1.04. The summed E-state index contributed by atoms with van der Waals surface area (Å²) in [7, 11) is 0. The van der Waals surface area contributed by atoms with Crippen LogP contribution in [0.25, 0.3) is 0 Å². The third-order valence-corrected chi connectivity index (χ3v) is 2.73. The van der Waals surface area contributed by atoms with Crippen molar-refractivity contribution < 1.29 is 9.53 Å². The van der Waals surface area contributed by atoms with Gasteiger partial charge >= 0.3 is 0 Å². The Morgan fingerprint density at radius 2 is 2.40 bits per heavy atom. The number of hydrogen-bond acceptors (Lipinski definition) is 4. The quantitative estimate of drug-likeness (QED) is 0.632. The minimum atomic E-state index is -0.423. The Morgan fingerprint density at radius 3 is 3.07 bits per heavy atom. The van der Waals surface area contributed by atoms with Gasteiger partial charge in [0.1, 0.15) is 6.61 Å². The molecule has 0 atom stereocenters. The van der Waals surface area contributed by atoms with E-state index in [1.54, 1.807) is 11.3 Å². The third-order valence-electron chi connectivity index (χ3n) is 1.80. The number of nitrogens with one attached hydrogen (secondary N) is 1. The molecule has 0 aliphatic rings. The zero-order valence-electron chi connectivity index (χ0n) is 8.57. The molecule has 1 aromatic rings. The van der Waals surface area contributed by atoms with Crippen molar-refractivity contribution in [3.05, 3.63) is 22.4 Å². The minimum absolute atomic E-state index is 0.00655. The van der Waals surface area contributed by atoms with Crippen LogP contribution in [0, 0.1) is 0 Å². The third kappa shape index (κ3) is 6.22. The standard InChI is InChI=1S/C10H16N2O2S/c11-10(13)8-14-6-5-12-4-3-9-2-1-7-15-9/h1-2,7,12H,3-6,8H2,(H2,11,13). The van der Waals surface area contributed by atoms with Crippen molar-refractivity contribution in [2.45, 2.75) is 6.42 Å². The number of amides is 1. The number of carbonyl (C=O) groups excluding carboxylic acids is 1. The Kier molecular flexibility index (Phi) is 5.99. The number of hydrogen-bond donors (Lipinski definition) is 2. The molecule has 15 heavy (non-hydrogen) atoms. The van der Waals surface area contributed by atoms with Crippen LogP contribution in [0.3, 0.4) is 0 Å². The van der Waals surface area contributed by atoms with Crippen molar-refractivity contribution in [1.82, 2.24) is 5.32 Å². The smallest absolute Gasteiger partial charge is 0.243 e. The van der Waals surface area contributed by atoms with Crippen LogP contribution in [0.5, 0.6) is 0 Å². The van der Waals surface area contributed by atoms with Gasteiger partial charge < -0.3 is 15.8 Å². The maximum atomic E-state index is 10.3. The first-order chi connectivity index (χ1) is 7.29. The summed E-state index contributed by atoms with van der Waals surface area (Å²) in [5.74, 6) is -0.423. The first-order valence-electron chi connectivity index (χ1n) is 4.88. The molecule has 0 saturated heterocycles. The lowest BCUT2D eigenvalue weighted by molar-refractivity contribution is -0.122. The topological polar surface area (TPSA) is 64.4 Å². The Morgan fingerprint density at radius 1 is 1.53 bits per heavy atom. The maximum Gasteiger partial charge on any atom is 0.243 e. The van der Waals surface area contributed by atoms with E-state index in [1.807, 2.05) is 0 Å². The molecule has 0 bridgehead atoms. The molecular weight excluding hydrogens is 212 g/mol. The van der Waals surface area contributed by atoms with Crippen LogP contribution in [0.2, 0.25) is 0 Å². The lowest BCUT2D eigenvalue weighted by atomic mass is 10.3. The maximum absolute atomic E-state index is 10.3. The van der Waals surface area contributed by atoms with Gasteiger partial charge in [0, 0.05) is 18.0 Å². The largest absolute Gasteiger partial charge is 0.370 e. The highest BCUT2D eigenvalue weighted by Gasteiger charge is 1.95. The van der Waals surface area contributed by atoms with Crippen LogP contribution in [0.4, 0.5) is 0 Å². The average molecular weight is 228 g/mol. The highest BCUT2D eigenvalue weighted by atomic mass is 32.1. The van der Waals surface area contributed by atoms with E-state index in [9.17, 15) is 4.79 Å². The van der Waals surface area contributed by atoms with Gasteiger partial charge in [0.15, 0.2) is 0 Å². The Bertz CT molecular complexity index is 275. The normalized spacial score (nSPS) is 10.4. The van der Waals surface area contributed by atoms with E-state index < -0.39 is 5.91 Å². The minimum Gasteiger partial charge on any atom is -0.370 e. The first kappa shape index (κ1) is 12.2. The van der Waals surface area contributed by atoms with E-state index in [-0.39, 0.29) is 6.61 Å². The molecule has 1 aromatic heterocycles. The highest BCUT2D eigenvalue weighted by Crippen LogP contribution is 2.07. The van der Waals surface area contributed by atoms with Crippen LogP contribution in [-0.2, 0) is 16.0 Å². The summed E-state index contributed by atoms with van der Waals surface area (Å²) in [5.41, 5.74) is 4.91. The Hall–Kier alpha value is -0.910. The molecule has 4 nitrogen and oxygen atoms in total. The van der Waals surface area contributed by atoms with Gasteiger partial charge in [-0.2, -0.15) is 0 Å². The van der Waals surface area contributed by atoms with Crippen molar-refractivity contribution in [3.8, 4) is 0 Å². The molecule has 0 unspecified atom stereocenters. The average Bonchev–Trinajstić information content (AvgIpc) is 2.68. The van der Waals surface area contributed by atoms with Gasteiger partial charge in [-0.05, 0) is 17.9 Å². The number of nitrogens with two attached hydrogens (primary N) is 1. The summed E-state index contributed by atoms with van der Waals surface area (Å²) in [6, 6.07) is 4.17. The van der Waals surface area contributed by atoms with Crippen LogP contribution in [0.15, 0.2) is 17.5 Å². The molecule has 0 aromatic carbocycles. The molecular formula is C10H16N2O2S. The van der Waals surface area contributed by atoms with Gasteiger partial charge in [0.2, 0.25) is 5.91 Å². The van der Waals surface area contributed by atoms with Crippen molar-refractivity contribution in [2.24, 2.45) is 5.73 Å². The number of carbonyl (C=O) groups is 1. The molecule has 3 N–H and O–H groups in total. The lowest BCUT2D eigenvalue weighted by Gasteiger charge is -2.03. The van der Waals surface area contributed by atoms with Crippen molar-refractivity contribution in [3.63, 3.8) is 0 Å². The van der Waals surface area contributed by atoms with Crippen molar-refractivity contribution in [1.29, 1.82) is 0 Å². The summed E-state index contributed by atoms with van der Waals surface area (Å²) >= 11 is 1.76. The van der Waals surface area contributed by atoms with Gasteiger partial charge in [0.05, 0.1) is 6.61 Å². The van der Waals surface area contributed by atoms with E-state index >= 15 is 0 Å². The molecule has 0 spiro atoms. The van der Waals surface area contributed by atoms with Gasteiger partial charge in [-0.1, -0.05) is 6.07 Å². The van der Waals surface area contributed by atoms with Gasteiger partial charge in [-0.3, -0.25) is 4.79 Å². The van der Waals surface area contributed by atoms with Crippen LogP contribution >= 0.6 is 11.3 Å². The molecule has 1 heterocycles. The summed E-state index contributed by atoms with van der Waals surface area (Å²) < 4.78 is 5.00. The highest BCUT2D eigenvalue weighted by molar-refractivity contribution is 7.09.